The lowest BCUT2D eigenvalue weighted by Gasteiger charge is -2.26. The highest BCUT2D eigenvalue weighted by molar-refractivity contribution is 6.35. The molecular formula is C21H20Cl2FN7O. The highest BCUT2D eigenvalue weighted by atomic mass is 35.5. The fourth-order valence-electron chi connectivity index (χ4n) is 3.32. The van der Waals surface area contributed by atoms with E-state index in [4.69, 9.17) is 28.9 Å². The standard InChI is InChI=1S/C21H20Cl2FN7O/c1-11(24)18(25)20(23)30-19-14-6-12(2-3-16(14)27-9-15(19)22)13-7-28-21(29-8-13)31-5-4-26-17(32)10-31/h2-3,6-9,20H,4-5,10,25H2,1H3,(H,26,32)(H,27,30)/b18-11+. The van der Waals surface area contributed by atoms with Crippen LogP contribution >= 0.6 is 23.2 Å². The molecule has 1 amide bonds. The lowest BCUT2D eigenvalue weighted by atomic mass is 10.0. The number of pyridine rings is 1. The number of allylic oxidation sites excluding steroid dienone is 1. The van der Waals surface area contributed by atoms with E-state index in [9.17, 15) is 9.18 Å². The zero-order valence-electron chi connectivity index (χ0n) is 17.1. The van der Waals surface area contributed by atoms with Gasteiger partial charge >= 0.3 is 0 Å². The highest BCUT2D eigenvalue weighted by Gasteiger charge is 2.19. The van der Waals surface area contributed by atoms with Gasteiger partial charge in [-0.1, -0.05) is 29.3 Å². The van der Waals surface area contributed by atoms with Gasteiger partial charge in [0.1, 0.15) is 11.3 Å². The average molecular weight is 476 g/mol. The zero-order chi connectivity index (χ0) is 22.8. The lowest BCUT2D eigenvalue weighted by molar-refractivity contribution is -0.120. The first-order valence-electron chi connectivity index (χ1n) is 9.78. The summed E-state index contributed by atoms with van der Waals surface area (Å²) in [5.74, 6) is -0.139. The Morgan fingerprint density at radius 1 is 1.25 bits per heavy atom. The van der Waals surface area contributed by atoms with Crippen molar-refractivity contribution < 1.29 is 9.18 Å². The van der Waals surface area contributed by atoms with Gasteiger partial charge < -0.3 is 21.3 Å². The van der Waals surface area contributed by atoms with Crippen LogP contribution in [0.3, 0.4) is 0 Å². The highest BCUT2D eigenvalue weighted by Crippen LogP contribution is 2.34. The van der Waals surface area contributed by atoms with Gasteiger partial charge in [0.05, 0.1) is 28.5 Å². The first-order valence-corrected chi connectivity index (χ1v) is 10.6. The predicted octanol–water partition coefficient (Wildman–Crippen LogP) is 3.42. The number of benzene rings is 1. The molecule has 3 heterocycles. The van der Waals surface area contributed by atoms with Gasteiger partial charge in [0.2, 0.25) is 11.9 Å². The SMILES string of the molecule is C/C(F)=C(\N)C(Cl)Nc1c(Cl)cnc2ccc(-c3cnc(N4CCNC(=O)C4)nc3)cc12. The van der Waals surface area contributed by atoms with E-state index >= 15 is 0 Å². The number of halogens is 3. The molecule has 166 valence electrons. The number of piperazine rings is 1. The molecule has 1 atom stereocenters. The fourth-order valence-corrected chi connectivity index (χ4v) is 3.78. The summed E-state index contributed by atoms with van der Waals surface area (Å²) in [6.45, 7) is 2.66. The summed E-state index contributed by atoms with van der Waals surface area (Å²) in [5, 5.41) is 6.74. The molecule has 1 unspecified atom stereocenters. The Balaban J connectivity index is 1.67. The van der Waals surface area contributed by atoms with E-state index in [1.165, 1.54) is 13.1 Å². The van der Waals surface area contributed by atoms with Crippen LogP contribution in [0, 0.1) is 0 Å². The number of rotatable bonds is 5. The molecule has 1 aliphatic heterocycles. The number of nitrogens with zero attached hydrogens (tertiary/aromatic N) is 4. The lowest BCUT2D eigenvalue weighted by Crippen LogP contribution is -2.48. The van der Waals surface area contributed by atoms with Gasteiger partial charge in [0, 0.05) is 42.6 Å². The van der Waals surface area contributed by atoms with Crippen LogP contribution in [-0.2, 0) is 4.79 Å². The van der Waals surface area contributed by atoms with Gasteiger partial charge in [-0.25, -0.2) is 14.4 Å². The number of carbonyl (C=O) groups excluding carboxylic acids is 1. The monoisotopic (exact) mass is 475 g/mol. The Hall–Kier alpha value is -3.17. The van der Waals surface area contributed by atoms with Crippen LogP contribution in [0.5, 0.6) is 0 Å². The fraction of sp³-hybridized carbons (Fsp3) is 0.238. The second-order valence-corrected chi connectivity index (χ2v) is 8.10. The van der Waals surface area contributed by atoms with Crippen molar-refractivity contribution in [1.82, 2.24) is 20.3 Å². The molecule has 3 aromatic rings. The quantitative estimate of drug-likeness (QED) is 0.383. The first-order chi connectivity index (χ1) is 15.3. The smallest absolute Gasteiger partial charge is 0.239 e. The minimum atomic E-state index is -0.990. The Bertz CT molecular complexity index is 1200. The summed E-state index contributed by atoms with van der Waals surface area (Å²) in [4.78, 5) is 26.6. The van der Waals surface area contributed by atoms with Gasteiger partial charge in [0.15, 0.2) is 0 Å². The number of fused-ring (bicyclic) bond motifs is 1. The van der Waals surface area contributed by atoms with Crippen LogP contribution < -0.4 is 21.3 Å². The van der Waals surface area contributed by atoms with Gasteiger partial charge in [-0.2, -0.15) is 0 Å². The van der Waals surface area contributed by atoms with Gasteiger partial charge in [0.25, 0.3) is 0 Å². The van der Waals surface area contributed by atoms with Crippen molar-refractivity contribution in [2.75, 3.05) is 29.9 Å². The van der Waals surface area contributed by atoms with Crippen molar-refractivity contribution in [3.63, 3.8) is 0 Å². The van der Waals surface area contributed by atoms with E-state index in [0.29, 0.717) is 40.7 Å². The van der Waals surface area contributed by atoms with Gasteiger partial charge in [-0.15, -0.1) is 0 Å². The van der Waals surface area contributed by atoms with Crippen LogP contribution in [0.4, 0.5) is 16.0 Å². The van der Waals surface area contributed by atoms with Crippen molar-refractivity contribution in [1.29, 1.82) is 0 Å². The Morgan fingerprint density at radius 3 is 2.69 bits per heavy atom. The number of carbonyl (C=O) groups is 1. The number of alkyl halides is 1. The molecule has 1 aliphatic rings. The largest absolute Gasteiger partial charge is 0.397 e. The molecule has 2 aromatic heterocycles. The number of hydrogen-bond acceptors (Lipinski definition) is 7. The van der Waals surface area contributed by atoms with E-state index in [0.717, 1.165) is 11.1 Å². The third-order valence-corrected chi connectivity index (χ3v) is 5.69. The number of hydrogen-bond donors (Lipinski definition) is 3. The molecule has 4 N–H and O–H groups in total. The molecule has 1 saturated heterocycles. The van der Waals surface area contributed by atoms with Crippen molar-refractivity contribution in [2.24, 2.45) is 5.73 Å². The summed E-state index contributed by atoms with van der Waals surface area (Å²) in [6.07, 6.45) is 4.88. The molecule has 1 fully saturated rings. The summed E-state index contributed by atoms with van der Waals surface area (Å²) in [5.41, 5.74) is 7.34. The summed E-state index contributed by atoms with van der Waals surface area (Å²) in [6, 6.07) is 5.59. The maximum Gasteiger partial charge on any atom is 0.239 e. The first kappa shape index (κ1) is 22.0. The molecule has 0 saturated carbocycles. The second-order valence-electron chi connectivity index (χ2n) is 7.25. The third kappa shape index (κ3) is 4.53. The van der Waals surface area contributed by atoms with Crippen LogP contribution in [-0.4, -0.2) is 46.0 Å². The van der Waals surface area contributed by atoms with Gasteiger partial charge in [-0.05, 0) is 24.6 Å². The maximum absolute atomic E-state index is 13.5. The van der Waals surface area contributed by atoms with Crippen molar-refractivity contribution in [2.45, 2.75) is 12.4 Å². The Morgan fingerprint density at radius 2 is 2.00 bits per heavy atom. The predicted molar refractivity (Wildman–Crippen MR) is 124 cm³/mol. The third-order valence-electron chi connectivity index (χ3n) is 5.06. The number of nitrogens with two attached hydrogens (primary N) is 1. The summed E-state index contributed by atoms with van der Waals surface area (Å²) < 4.78 is 13.5. The topological polar surface area (TPSA) is 109 Å². The maximum atomic E-state index is 13.5. The molecule has 8 nitrogen and oxygen atoms in total. The van der Waals surface area contributed by atoms with E-state index < -0.39 is 11.3 Å². The van der Waals surface area contributed by atoms with Crippen molar-refractivity contribution >= 4 is 51.6 Å². The van der Waals surface area contributed by atoms with E-state index in [2.05, 4.69) is 25.6 Å². The van der Waals surface area contributed by atoms with Gasteiger partial charge in [-0.3, -0.25) is 9.78 Å². The van der Waals surface area contributed by atoms with E-state index in [1.807, 2.05) is 23.1 Å². The average Bonchev–Trinajstić information content (AvgIpc) is 2.80. The molecule has 0 bridgehead atoms. The van der Waals surface area contributed by atoms with Crippen LogP contribution in [0.1, 0.15) is 6.92 Å². The van der Waals surface area contributed by atoms with E-state index in [1.54, 1.807) is 12.4 Å². The number of amides is 1. The Labute approximate surface area is 193 Å². The Kier molecular flexibility index (Phi) is 6.29. The number of anilines is 2. The number of nitrogens with one attached hydrogen (secondary N) is 2. The molecule has 1 aromatic carbocycles. The molecular weight excluding hydrogens is 456 g/mol. The number of aromatic nitrogens is 3. The van der Waals surface area contributed by atoms with Crippen LogP contribution in [0.25, 0.3) is 22.0 Å². The minimum Gasteiger partial charge on any atom is -0.397 e. The second kappa shape index (κ2) is 9.13. The molecule has 0 radical (unpaired) electrons. The summed E-state index contributed by atoms with van der Waals surface area (Å²) in [7, 11) is 0. The molecule has 4 rings (SSSR count). The minimum absolute atomic E-state index is 0.0566. The van der Waals surface area contributed by atoms with E-state index in [-0.39, 0.29) is 18.1 Å². The molecule has 0 spiro atoms. The van der Waals surface area contributed by atoms with Crippen molar-refractivity contribution in [3.05, 3.63) is 53.3 Å². The van der Waals surface area contributed by atoms with Crippen LogP contribution in [0.2, 0.25) is 5.02 Å². The normalized spacial score (nSPS) is 15.9. The summed E-state index contributed by atoms with van der Waals surface area (Å²) >= 11 is 12.6. The molecule has 11 heteroatoms. The van der Waals surface area contributed by atoms with Crippen molar-refractivity contribution in [3.8, 4) is 11.1 Å². The van der Waals surface area contributed by atoms with Crippen LogP contribution in [0.15, 0.2) is 48.3 Å². The zero-order valence-corrected chi connectivity index (χ0v) is 18.6. The molecule has 0 aliphatic carbocycles. The molecule has 32 heavy (non-hydrogen) atoms.